The number of hydrogen-bond donors (Lipinski definition) is 0. The molecule has 0 spiro atoms. The van der Waals surface area contributed by atoms with Crippen molar-refractivity contribution in [2.45, 2.75) is 64.1 Å². The fourth-order valence-electron chi connectivity index (χ4n) is 4.34. The molecule has 2 fully saturated rings. The van der Waals surface area contributed by atoms with Crippen molar-refractivity contribution in [1.82, 2.24) is 14.5 Å². The van der Waals surface area contributed by atoms with Crippen LogP contribution in [-0.2, 0) is 16.1 Å². The lowest BCUT2D eigenvalue weighted by Crippen LogP contribution is -2.35. The molecule has 5 nitrogen and oxygen atoms in total. The van der Waals surface area contributed by atoms with Crippen LogP contribution in [0.5, 0.6) is 0 Å². The Kier molecular flexibility index (Phi) is 4.75. The fourth-order valence-corrected chi connectivity index (χ4v) is 4.34. The second-order valence-corrected chi connectivity index (χ2v) is 7.17. The summed E-state index contributed by atoms with van der Waals surface area (Å²) in [5.74, 6) is 1.14. The Morgan fingerprint density at radius 2 is 2.00 bits per heavy atom. The van der Waals surface area contributed by atoms with Gasteiger partial charge in [0.25, 0.3) is 0 Å². The average molecular weight is 341 g/mol. The Hall–Kier alpha value is -1.88. The first-order chi connectivity index (χ1) is 12.3. The number of likely N-dealkylation sites (tertiary alicyclic amines) is 1. The van der Waals surface area contributed by atoms with Crippen molar-refractivity contribution in [3.05, 3.63) is 30.1 Å². The van der Waals surface area contributed by atoms with Gasteiger partial charge < -0.3 is 14.2 Å². The van der Waals surface area contributed by atoms with E-state index in [-0.39, 0.29) is 24.7 Å². The summed E-state index contributed by atoms with van der Waals surface area (Å²) in [4.78, 5) is 19.6. The molecule has 4 rings (SSSR count). The van der Waals surface area contributed by atoms with E-state index in [1.807, 2.05) is 17.0 Å². The van der Waals surface area contributed by atoms with Gasteiger partial charge in [0.15, 0.2) is 0 Å². The summed E-state index contributed by atoms with van der Waals surface area (Å²) in [7, 11) is 0. The number of imidazole rings is 1. The Balaban J connectivity index is 1.53. The third kappa shape index (κ3) is 3.17. The summed E-state index contributed by atoms with van der Waals surface area (Å²) in [5, 5.41) is 0. The number of nitrogens with zero attached hydrogens (tertiary/aromatic N) is 3. The van der Waals surface area contributed by atoms with E-state index >= 15 is 0 Å². The van der Waals surface area contributed by atoms with Crippen molar-refractivity contribution in [3.8, 4) is 0 Å². The van der Waals surface area contributed by atoms with Crippen molar-refractivity contribution in [3.63, 3.8) is 0 Å². The summed E-state index contributed by atoms with van der Waals surface area (Å²) in [5.41, 5.74) is 2.17. The van der Waals surface area contributed by atoms with Crippen LogP contribution in [0.25, 0.3) is 11.0 Å². The molecular weight excluding hydrogens is 314 g/mol. The molecule has 1 saturated heterocycles. The van der Waals surface area contributed by atoms with Gasteiger partial charge >= 0.3 is 0 Å². The highest BCUT2D eigenvalue weighted by molar-refractivity contribution is 5.79. The molecule has 0 unspecified atom stereocenters. The van der Waals surface area contributed by atoms with Gasteiger partial charge in [0.05, 0.1) is 23.2 Å². The monoisotopic (exact) mass is 341 g/mol. The maximum Gasteiger partial charge on any atom is 0.249 e. The van der Waals surface area contributed by atoms with Gasteiger partial charge in [-0.1, -0.05) is 25.0 Å². The minimum absolute atomic E-state index is 0.0760. The van der Waals surface area contributed by atoms with Gasteiger partial charge in [-0.25, -0.2) is 4.98 Å². The predicted molar refractivity (Wildman–Crippen MR) is 97.3 cm³/mol. The molecule has 2 aromatic rings. The van der Waals surface area contributed by atoms with Crippen LogP contribution >= 0.6 is 0 Å². The molecule has 1 atom stereocenters. The van der Waals surface area contributed by atoms with Crippen molar-refractivity contribution in [1.29, 1.82) is 0 Å². The molecule has 1 aliphatic carbocycles. The highest BCUT2D eigenvalue weighted by atomic mass is 16.5. The topological polar surface area (TPSA) is 47.4 Å². The fraction of sp³-hybridized carbons (Fsp3) is 0.600. The summed E-state index contributed by atoms with van der Waals surface area (Å²) in [6, 6.07) is 8.31. The number of aromatic nitrogens is 2. The number of carbonyl (C=O) groups is 1. The molecule has 25 heavy (non-hydrogen) atoms. The molecule has 1 aromatic heterocycles. The third-order valence-electron chi connectivity index (χ3n) is 5.62. The number of fused-ring (bicyclic) bond motifs is 1. The van der Waals surface area contributed by atoms with Crippen LogP contribution < -0.4 is 0 Å². The minimum atomic E-state index is 0.0760. The Bertz CT molecular complexity index is 748. The zero-order valence-electron chi connectivity index (χ0n) is 15.0. The molecule has 1 aromatic carbocycles. The van der Waals surface area contributed by atoms with Crippen LogP contribution in [0.1, 0.15) is 57.3 Å². The van der Waals surface area contributed by atoms with Crippen LogP contribution in [-0.4, -0.2) is 39.6 Å². The minimum Gasteiger partial charge on any atom is -0.368 e. The van der Waals surface area contributed by atoms with Crippen molar-refractivity contribution in [2.75, 3.05) is 13.2 Å². The van der Waals surface area contributed by atoms with Crippen LogP contribution in [0.4, 0.5) is 0 Å². The van der Waals surface area contributed by atoms with Gasteiger partial charge in [-0.2, -0.15) is 0 Å². The first kappa shape index (κ1) is 16.6. The largest absolute Gasteiger partial charge is 0.368 e. The highest BCUT2D eigenvalue weighted by Crippen LogP contribution is 2.33. The van der Waals surface area contributed by atoms with Gasteiger partial charge in [-0.15, -0.1) is 0 Å². The van der Waals surface area contributed by atoms with Crippen LogP contribution in [0.3, 0.4) is 0 Å². The van der Waals surface area contributed by atoms with E-state index in [1.165, 1.54) is 12.8 Å². The standard InChI is InChI=1S/C20H27N3O2/c1-2-22-17-11-6-5-10-16(17)21-20(22)18-12-7-13-23(18)19(24)14-25-15-8-3-4-9-15/h5-6,10-11,15,18H,2-4,7-9,12-14H2,1H3/t18-/m1/s1. The van der Waals surface area contributed by atoms with E-state index in [0.717, 1.165) is 55.6 Å². The van der Waals surface area contributed by atoms with E-state index in [4.69, 9.17) is 9.72 Å². The second kappa shape index (κ2) is 7.16. The average Bonchev–Trinajstić information content (AvgIpc) is 3.37. The maximum atomic E-state index is 12.8. The van der Waals surface area contributed by atoms with E-state index in [9.17, 15) is 4.79 Å². The van der Waals surface area contributed by atoms with Crippen molar-refractivity contribution >= 4 is 16.9 Å². The lowest BCUT2D eigenvalue weighted by atomic mass is 10.2. The molecular formula is C20H27N3O2. The number of carbonyl (C=O) groups excluding carboxylic acids is 1. The zero-order valence-corrected chi connectivity index (χ0v) is 15.0. The quantitative estimate of drug-likeness (QED) is 0.833. The molecule has 134 valence electrons. The summed E-state index contributed by atoms with van der Waals surface area (Å²) < 4.78 is 8.11. The lowest BCUT2D eigenvalue weighted by Gasteiger charge is -2.25. The molecule has 5 heteroatoms. The molecule has 0 N–H and O–H groups in total. The summed E-state index contributed by atoms with van der Waals surface area (Å²) in [6.45, 7) is 4.03. The molecule has 0 bridgehead atoms. The molecule has 1 amide bonds. The molecule has 2 aliphatic rings. The van der Waals surface area contributed by atoms with Crippen molar-refractivity contribution in [2.24, 2.45) is 0 Å². The molecule has 2 heterocycles. The summed E-state index contributed by atoms with van der Waals surface area (Å²) >= 11 is 0. The van der Waals surface area contributed by atoms with Gasteiger partial charge in [-0.3, -0.25) is 4.79 Å². The molecule has 1 aliphatic heterocycles. The SMILES string of the molecule is CCn1c([C@H]2CCCN2C(=O)COC2CCCC2)nc2ccccc21. The second-order valence-electron chi connectivity index (χ2n) is 7.17. The first-order valence-corrected chi connectivity index (χ1v) is 9.64. The third-order valence-corrected chi connectivity index (χ3v) is 5.62. The lowest BCUT2D eigenvalue weighted by molar-refractivity contribution is -0.139. The van der Waals surface area contributed by atoms with Crippen LogP contribution in [0.2, 0.25) is 0 Å². The van der Waals surface area contributed by atoms with Crippen LogP contribution in [0, 0.1) is 0 Å². The van der Waals surface area contributed by atoms with E-state index in [0.29, 0.717) is 0 Å². The van der Waals surface area contributed by atoms with Gasteiger partial charge in [0.1, 0.15) is 12.4 Å². The highest BCUT2D eigenvalue weighted by Gasteiger charge is 2.33. The number of amides is 1. The van der Waals surface area contributed by atoms with Gasteiger partial charge in [0.2, 0.25) is 5.91 Å². The number of rotatable bonds is 5. The van der Waals surface area contributed by atoms with Gasteiger partial charge in [-0.05, 0) is 44.7 Å². The Morgan fingerprint density at radius 3 is 2.80 bits per heavy atom. The number of ether oxygens (including phenoxy) is 1. The summed E-state index contributed by atoms with van der Waals surface area (Å²) in [6.07, 6.45) is 6.96. The van der Waals surface area contributed by atoms with Crippen molar-refractivity contribution < 1.29 is 9.53 Å². The number of para-hydroxylation sites is 2. The maximum absolute atomic E-state index is 12.8. The first-order valence-electron chi connectivity index (χ1n) is 9.64. The Labute approximate surface area is 149 Å². The number of aryl methyl sites for hydroxylation is 1. The smallest absolute Gasteiger partial charge is 0.249 e. The Morgan fingerprint density at radius 1 is 1.20 bits per heavy atom. The molecule has 1 saturated carbocycles. The van der Waals surface area contributed by atoms with E-state index in [2.05, 4.69) is 23.6 Å². The van der Waals surface area contributed by atoms with E-state index in [1.54, 1.807) is 0 Å². The van der Waals surface area contributed by atoms with Crippen LogP contribution in [0.15, 0.2) is 24.3 Å². The zero-order chi connectivity index (χ0) is 17.2. The number of hydrogen-bond acceptors (Lipinski definition) is 3. The van der Waals surface area contributed by atoms with E-state index < -0.39 is 0 Å². The predicted octanol–water partition coefficient (Wildman–Crippen LogP) is 3.68. The van der Waals surface area contributed by atoms with Gasteiger partial charge in [0, 0.05) is 13.1 Å². The normalized spacial score (nSPS) is 21.5. The number of benzene rings is 1. The molecule has 0 radical (unpaired) electrons.